The van der Waals surface area contributed by atoms with Crippen molar-refractivity contribution in [2.24, 2.45) is 5.92 Å². The summed E-state index contributed by atoms with van der Waals surface area (Å²) in [4.78, 5) is 12.5. The molecule has 0 unspecified atom stereocenters. The van der Waals surface area contributed by atoms with Crippen LogP contribution in [0.2, 0.25) is 18.1 Å². The Morgan fingerprint density at radius 1 is 1.00 bits per heavy atom. The SMILES string of the molecule is CCC(=O)[C@@H](CC)[C@H](O[Si](CC)(CC)CC)c1ccc(OC)cc1. The van der Waals surface area contributed by atoms with Crippen LogP contribution in [0.1, 0.15) is 59.1 Å². The predicted octanol–water partition coefficient (Wildman–Crippen LogP) is 5.76. The molecular weight excluding hydrogens is 316 g/mol. The Morgan fingerprint density at radius 3 is 1.92 bits per heavy atom. The molecule has 136 valence electrons. The molecule has 1 aromatic carbocycles. The van der Waals surface area contributed by atoms with E-state index in [0.717, 1.165) is 35.9 Å². The van der Waals surface area contributed by atoms with Gasteiger partial charge >= 0.3 is 0 Å². The van der Waals surface area contributed by atoms with Crippen LogP contribution in [0, 0.1) is 5.92 Å². The minimum Gasteiger partial charge on any atom is -0.497 e. The fourth-order valence-corrected chi connectivity index (χ4v) is 6.16. The molecule has 0 saturated carbocycles. The quantitative estimate of drug-likeness (QED) is 0.476. The van der Waals surface area contributed by atoms with Crippen molar-refractivity contribution in [3.63, 3.8) is 0 Å². The Morgan fingerprint density at radius 2 is 1.54 bits per heavy atom. The molecule has 0 radical (unpaired) electrons. The molecule has 3 nitrogen and oxygen atoms in total. The van der Waals surface area contributed by atoms with Gasteiger partial charge in [0, 0.05) is 12.3 Å². The Balaban J connectivity index is 3.25. The smallest absolute Gasteiger partial charge is 0.192 e. The molecule has 2 atom stereocenters. The molecule has 0 amide bonds. The van der Waals surface area contributed by atoms with Crippen molar-refractivity contribution in [2.75, 3.05) is 7.11 Å². The largest absolute Gasteiger partial charge is 0.497 e. The minimum atomic E-state index is -1.81. The van der Waals surface area contributed by atoms with Gasteiger partial charge in [0.1, 0.15) is 11.5 Å². The van der Waals surface area contributed by atoms with Crippen molar-refractivity contribution in [3.05, 3.63) is 29.8 Å². The first-order chi connectivity index (χ1) is 11.5. The average molecular weight is 351 g/mol. The summed E-state index contributed by atoms with van der Waals surface area (Å²) in [6.45, 7) is 10.7. The normalized spacial score (nSPS) is 14.2. The van der Waals surface area contributed by atoms with Crippen molar-refractivity contribution in [2.45, 2.75) is 71.7 Å². The number of rotatable bonds is 11. The number of Topliss-reactive ketones (excluding diaryl/α,β-unsaturated/α-hetero) is 1. The summed E-state index contributed by atoms with van der Waals surface area (Å²) in [5.74, 6) is 1.06. The molecular formula is C20H34O3Si. The minimum absolute atomic E-state index is 0.0695. The first kappa shape index (κ1) is 20.9. The lowest BCUT2D eigenvalue weighted by Crippen LogP contribution is -2.40. The zero-order valence-corrected chi connectivity index (χ0v) is 17.2. The summed E-state index contributed by atoms with van der Waals surface area (Å²) in [5, 5.41) is 0. The maximum Gasteiger partial charge on any atom is 0.192 e. The number of methoxy groups -OCH3 is 1. The average Bonchev–Trinajstić information content (AvgIpc) is 2.65. The van der Waals surface area contributed by atoms with E-state index in [2.05, 4.69) is 39.8 Å². The highest BCUT2D eigenvalue weighted by Gasteiger charge is 2.37. The summed E-state index contributed by atoms with van der Waals surface area (Å²) in [7, 11) is -0.138. The summed E-state index contributed by atoms with van der Waals surface area (Å²) in [6, 6.07) is 11.3. The number of ketones is 1. The molecule has 0 aliphatic carbocycles. The van der Waals surface area contributed by atoms with Gasteiger partial charge in [-0.1, -0.05) is 46.8 Å². The van der Waals surface area contributed by atoms with E-state index in [9.17, 15) is 4.79 Å². The van der Waals surface area contributed by atoms with Gasteiger partial charge in [-0.05, 0) is 42.2 Å². The maximum absolute atomic E-state index is 12.5. The molecule has 0 saturated heterocycles. The molecule has 24 heavy (non-hydrogen) atoms. The number of hydrogen-bond acceptors (Lipinski definition) is 3. The Kier molecular flexibility index (Phi) is 8.71. The zero-order valence-electron chi connectivity index (χ0n) is 16.2. The lowest BCUT2D eigenvalue weighted by Gasteiger charge is -2.36. The molecule has 1 rings (SSSR count). The Hall–Kier alpha value is -1.13. The molecule has 0 aromatic heterocycles. The van der Waals surface area contributed by atoms with E-state index in [4.69, 9.17) is 9.16 Å². The van der Waals surface area contributed by atoms with Gasteiger partial charge in [0.05, 0.1) is 13.2 Å². The molecule has 1 aromatic rings. The second-order valence-electron chi connectivity index (χ2n) is 6.39. The molecule has 0 spiro atoms. The van der Waals surface area contributed by atoms with E-state index in [1.165, 1.54) is 0 Å². The van der Waals surface area contributed by atoms with Crippen LogP contribution in [-0.4, -0.2) is 21.2 Å². The third-order valence-electron chi connectivity index (χ3n) is 5.32. The van der Waals surface area contributed by atoms with Crippen LogP contribution < -0.4 is 4.74 Å². The number of hydrogen-bond donors (Lipinski definition) is 0. The van der Waals surface area contributed by atoms with Gasteiger partial charge < -0.3 is 9.16 Å². The van der Waals surface area contributed by atoms with Crippen molar-refractivity contribution in [3.8, 4) is 5.75 Å². The second-order valence-corrected chi connectivity index (χ2v) is 11.1. The monoisotopic (exact) mass is 350 g/mol. The van der Waals surface area contributed by atoms with Gasteiger partial charge in [0.2, 0.25) is 0 Å². The summed E-state index contributed by atoms with van der Waals surface area (Å²) < 4.78 is 12.1. The zero-order chi connectivity index (χ0) is 18.2. The van der Waals surface area contributed by atoms with Gasteiger partial charge in [-0.2, -0.15) is 0 Å². The maximum atomic E-state index is 12.5. The molecule has 0 aliphatic rings. The molecule has 0 N–H and O–H groups in total. The van der Waals surface area contributed by atoms with Crippen LogP contribution in [0.5, 0.6) is 5.75 Å². The highest BCUT2D eigenvalue weighted by atomic mass is 28.4. The topological polar surface area (TPSA) is 35.5 Å². The lowest BCUT2D eigenvalue weighted by atomic mass is 9.89. The fraction of sp³-hybridized carbons (Fsp3) is 0.650. The molecule has 4 heteroatoms. The van der Waals surface area contributed by atoms with E-state index in [1.807, 2.05) is 19.1 Å². The van der Waals surface area contributed by atoms with Crippen molar-refractivity contribution < 1.29 is 14.0 Å². The van der Waals surface area contributed by atoms with E-state index < -0.39 is 8.32 Å². The molecule has 0 fully saturated rings. The highest BCUT2D eigenvalue weighted by Crippen LogP contribution is 2.37. The van der Waals surface area contributed by atoms with E-state index in [-0.39, 0.29) is 12.0 Å². The highest BCUT2D eigenvalue weighted by molar-refractivity contribution is 6.73. The molecule has 0 bridgehead atoms. The van der Waals surface area contributed by atoms with Crippen LogP contribution in [-0.2, 0) is 9.22 Å². The summed E-state index contributed by atoms with van der Waals surface area (Å²) in [6.07, 6.45) is 1.23. The predicted molar refractivity (Wildman–Crippen MR) is 103 cm³/mol. The van der Waals surface area contributed by atoms with E-state index in [0.29, 0.717) is 12.2 Å². The summed E-state index contributed by atoms with van der Waals surface area (Å²) in [5.41, 5.74) is 1.09. The van der Waals surface area contributed by atoms with Crippen LogP contribution in [0.25, 0.3) is 0 Å². The lowest BCUT2D eigenvalue weighted by molar-refractivity contribution is -0.126. The van der Waals surface area contributed by atoms with Crippen LogP contribution >= 0.6 is 0 Å². The van der Waals surface area contributed by atoms with E-state index >= 15 is 0 Å². The van der Waals surface area contributed by atoms with Gasteiger partial charge in [-0.3, -0.25) is 4.79 Å². The number of benzene rings is 1. The van der Waals surface area contributed by atoms with Crippen LogP contribution in [0.3, 0.4) is 0 Å². The Bertz CT molecular complexity index is 486. The van der Waals surface area contributed by atoms with Gasteiger partial charge in [-0.15, -0.1) is 0 Å². The van der Waals surface area contributed by atoms with Crippen molar-refractivity contribution in [1.82, 2.24) is 0 Å². The standard InChI is InChI=1S/C20H34O3Si/c1-7-18(19(21)8-2)20(23-24(9-3,10-4)11-5)16-12-14-17(22-6)15-13-16/h12-15,18,20H,7-11H2,1-6H3/t18-,20-/m1/s1. The van der Waals surface area contributed by atoms with Gasteiger partial charge in [-0.25, -0.2) is 0 Å². The number of carbonyl (C=O) groups excluding carboxylic acids is 1. The van der Waals surface area contributed by atoms with Gasteiger partial charge in [0.15, 0.2) is 8.32 Å². The summed E-state index contributed by atoms with van der Waals surface area (Å²) >= 11 is 0. The fourth-order valence-electron chi connectivity index (χ4n) is 3.32. The van der Waals surface area contributed by atoms with E-state index in [1.54, 1.807) is 7.11 Å². The van der Waals surface area contributed by atoms with Gasteiger partial charge in [0.25, 0.3) is 0 Å². The van der Waals surface area contributed by atoms with Crippen LogP contribution in [0.4, 0.5) is 0 Å². The second kappa shape index (κ2) is 9.99. The third-order valence-corrected chi connectivity index (χ3v) is 9.94. The number of carbonyl (C=O) groups is 1. The van der Waals surface area contributed by atoms with Crippen molar-refractivity contribution >= 4 is 14.1 Å². The first-order valence-electron chi connectivity index (χ1n) is 9.35. The Labute approximate surface area is 148 Å². The number of ether oxygens (including phenoxy) is 1. The first-order valence-corrected chi connectivity index (χ1v) is 11.9. The van der Waals surface area contributed by atoms with Crippen molar-refractivity contribution in [1.29, 1.82) is 0 Å². The molecule has 0 heterocycles. The van der Waals surface area contributed by atoms with Crippen LogP contribution in [0.15, 0.2) is 24.3 Å². The third kappa shape index (κ3) is 4.93. The molecule has 0 aliphatic heterocycles.